The summed E-state index contributed by atoms with van der Waals surface area (Å²) in [4.78, 5) is 11.6. The summed E-state index contributed by atoms with van der Waals surface area (Å²) in [6.45, 7) is 2.86. The number of ether oxygens (including phenoxy) is 1. The number of anilines is 1. The fraction of sp³-hybridized carbons (Fsp3) is 0.591. The van der Waals surface area contributed by atoms with Crippen molar-refractivity contribution in [2.45, 2.75) is 42.9 Å². The minimum absolute atomic E-state index is 0.101. The number of rotatable bonds is 2. The summed E-state index contributed by atoms with van der Waals surface area (Å²) in [5, 5.41) is 13.4. The summed E-state index contributed by atoms with van der Waals surface area (Å²) in [7, 11) is 2.44. The molecule has 7 atom stereocenters. The predicted molar refractivity (Wildman–Crippen MR) is 102 cm³/mol. The molecule has 4 aliphatic heterocycles. The van der Waals surface area contributed by atoms with Crippen molar-refractivity contribution in [1.29, 1.82) is 0 Å². The topological polar surface area (TPSA) is 58.6 Å². The van der Waals surface area contributed by atoms with E-state index < -0.39 is 5.97 Å². The molecule has 2 saturated heterocycles. The van der Waals surface area contributed by atoms with Gasteiger partial charge in [-0.2, -0.15) is 0 Å². The molecule has 142 valence electrons. The van der Waals surface area contributed by atoms with Gasteiger partial charge in [0.05, 0.1) is 38.1 Å². The number of hydrogen-bond donors (Lipinski definition) is 2. The standard InChI is InChI=1S/C22H26N2O3/c1-24-8-7-22-15-4-2-3-5-16(15)23-21(22)20-14(10-18(22)24)13(12-24)6-9-27-17(20)11-19(25)26/h2-6,14,17-18,20-21,23H,7-12H2,1H3/p+1/t14-,17-,18-,20+,21-,22+,24?/m0/s1. The third-order valence-corrected chi connectivity index (χ3v) is 8.49. The monoisotopic (exact) mass is 367 g/mol. The van der Waals surface area contributed by atoms with Crippen LogP contribution in [0.1, 0.15) is 24.8 Å². The second-order valence-corrected chi connectivity index (χ2v) is 9.50. The molecule has 1 aromatic rings. The van der Waals surface area contributed by atoms with Gasteiger partial charge < -0.3 is 19.6 Å². The molecule has 0 amide bonds. The van der Waals surface area contributed by atoms with Gasteiger partial charge in [-0.1, -0.05) is 24.3 Å². The van der Waals surface area contributed by atoms with Crippen molar-refractivity contribution < 1.29 is 19.1 Å². The summed E-state index contributed by atoms with van der Waals surface area (Å²) in [6, 6.07) is 9.67. The fourth-order valence-electron chi connectivity index (χ4n) is 7.58. The lowest BCUT2D eigenvalue weighted by atomic mass is 9.54. The molecule has 1 saturated carbocycles. The number of carbonyl (C=O) groups is 1. The SMILES string of the molecule is C[N+]12CC[C@]34c5ccccc5N[C@H]3[C@H]3[C@H](CC(=O)O)OCC=C(C1)[C@@H]3C[C@@H]42. The van der Waals surface area contributed by atoms with E-state index in [-0.39, 0.29) is 29.9 Å². The van der Waals surface area contributed by atoms with E-state index in [0.717, 1.165) is 11.0 Å². The van der Waals surface area contributed by atoms with Gasteiger partial charge in [-0.15, -0.1) is 0 Å². The van der Waals surface area contributed by atoms with Crippen molar-refractivity contribution in [2.75, 3.05) is 32.1 Å². The van der Waals surface area contributed by atoms with E-state index in [1.165, 1.54) is 36.2 Å². The van der Waals surface area contributed by atoms with Crippen molar-refractivity contribution in [3.05, 3.63) is 41.5 Å². The van der Waals surface area contributed by atoms with Crippen LogP contribution in [0.2, 0.25) is 0 Å². The summed E-state index contributed by atoms with van der Waals surface area (Å²) in [5.74, 6) is -0.0746. The number of carboxylic acid groups (broad SMARTS) is 1. The second-order valence-electron chi connectivity index (χ2n) is 9.50. The number of aliphatic carboxylic acids is 1. The summed E-state index contributed by atoms with van der Waals surface area (Å²) in [6.07, 6.45) is 4.50. The van der Waals surface area contributed by atoms with Gasteiger partial charge in [0.2, 0.25) is 0 Å². The minimum atomic E-state index is -0.752. The Hall–Kier alpha value is -1.85. The second kappa shape index (κ2) is 5.15. The van der Waals surface area contributed by atoms with Gasteiger partial charge in [-0.3, -0.25) is 4.79 Å². The van der Waals surface area contributed by atoms with Gasteiger partial charge in [-0.05, 0) is 23.1 Å². The Morgan fingerprint density at radius 3 is 3.11 bits per heavy atom. The Kier molecular flexibility index (Phi) is 3.08. The van der Waals surface area contributed by atoms with Gasteiger partial charge >= 0.3 is 5.97 Å². The Morgan fingerprint density at radius 1 is 1.41 bits per heavy atom. The van der Waals surface area contributed by atoms with Crippen molar-refractivity contribution in [3.8, 4) is 0 Å². The van der Waals surface area contributed by atoms with Crippen molar-refractivity contribution in [2.24, 2.45) is 11.8 Å². The van der Waals surface area contributed by atoms with E-state index in [4.69, 9.17) is 4.74 Å². The molecule has 2 N–H and O–H groups in total. The average molecular weight is 367 g/mol. The molecular weight excluding hydrogens is 340 g/mol. The highest BCUT2D eigenvalue weighted by molar-refractivity contribution is 5.68. The zero-order chi connectivity index (χ0) is 18.4. The van der Waals surface area contributed by atoms with Crippen LogP contribution in [-0.4, -0.2) is 60.5 Å². The van der Waals surface area contributed by atoms with Gasteiger partial charge in [0.25, 0.3) is 0 Å². The minimum Gasteiger partial charge on any atom is -0.481 e. The molecule has 0 radical (unpaired) electrons. The number of likely N-dealkylation sites (N-methyl/N-ethyl adjacent to an activating group) is 1. The number of nitrogens with one attached hydrogen (secondary N) is 1. The van der Waals surface area contributed by atoms with E-state index in [9.17, 15) is 9.90 Å². The van der Waals surface area contributed by atoms with Gasteiger partial charge in [0, 0.05) is 30.5 Å². The Labute approximate surface area is 159 Å². The zero-order valence-corrected chi connectivity index (χ0v) is 15.7. The Morgan fingerprint density at radius 2 is 2.26 bits per heavy atom. The Balaban J connectivity index is 1.55. The summed E-state index contributed by atoms with van der Waals surface area (Å²) >= 11 is 0. The van der Waals surface area contributed by atoms with Crippen LogP contribution in [0.25, 0.3) is 0 Å². The number of quaternary nitrogens is 1. The normalized spacial score (nSPS) is 46.0. The molecule has 0 aromatic heterocycles. The maximum Gasteiger partial charge on any atom is 0.305 e. The lowest BCUT2D eigenvalue weighted by Gasteiger charge is -2.57. The molecule has 5 heteroatoms. The number of hydrogen-bond acceptors (Lipinski definition) is 3. The predicted octanol–water partition coefficient (Wildman–Crippen LogP) is 2.39. The first-order valence-electron chi connectivity index (χ1n) is 10.3. The molecule has 27 heavy (non-hydrogen) atoms. The Bertz CT molecular complexity index is 867. The van der Waals surface area contributed by atoms with Crippen LogP contribution >= 0.6 is 0 Å². The molecule has 1 unspecified atom stereocenters. The van der Waals surface area contributed by atoms with Crippen molar-refractivity contribution in [3.63, 3.8) is 0 Å². The third-order valence-electron chi connectivity index (χ3n) is 8.49. The molecule has 5 nitrogen and oxygen atoms in total. The highest BCUT2D eigenvalue weighted by Crippen LogP contribution is 2.64. The first-order chi connectivity index (χ1) is 13.0. The lowest BCUT2D eigenvalue weighted by Crippen LogP contribution is -2.68. The largest absolute Gasteiger partial charge is 0.481 e. The van der Waals surface area contributed by atoms with Crippen LogP contribution in [0.4, 0.5) is 5.69 Å². The summed E-state index contributed by atoms with van der Waals surface area (Å²) in [5.41, 5.74) is 4.35. The maximum atomic E-state index is 11.6. The van der Waals surface area contributed by atoms with Gasteiger partial charge in [0.15, 0.2) is 0 Å². The highest BCUT2D eigenvalue weighted by Gasteiger charge is 2.71. The van der Waals surface area contributed by atoms with Crippen molar-refractivity contribution >= 4 is 11.7 Å². The van der Waals surface area contributed by atoms with Crippen LogP contribution in [0, 0.1) is 11.8 Å². The molecular formula is C22H27N2O3+. The number of fused-ring (bicyclic) bond motifs is 2. The smallest absolute Gasteiger partial charge is 0.305 e. The molecule has 1 aliphatic carbocycles. The molecule has 6 rings (SSSR count). The van der Waals surface area contributed by atoms with E-state index >= 15 is 0 Å². The molecule has 1 aromatic carbocycles. The number of nitrogens with zero attached hydrogens (tertiary/aromatic N) is 1. The lowest BCUT2D eigenvalue weighted by molar-refractivity contribution is -0.924. The van der Waals surface area contributed by atoms with Gasteiger partial charge in [0.1, 0.15) is 12.6 Å². The zero-order valence-electron chi connectivity index (χ0n) is 15.7. The quantitative estimate of drug-likeness (QED) is 0.623. The van der Waals surface area contributed by atoms with E-state index in [1.807, 2.05) is 0 Å². The number of piperidine rings is 1. The number of benzene rings is 1. The molecule has 5 aliphatic rings. The number of carboxylic acids is 1. The fourth-order valence-corrected chi connectivity index (χ4v) is 7.58. The van der Waals surface area contributed by atoms with Crippen LogP contribution in [-0.2, 0) is 14.9 Å². The molecule has 2 bridgehead atoms. The van der Waals surface area contributed by atoms with E-state index in [0.29, 0.717) is 18.6 Å². The highest BCUT2D eigenvalue weighted by atomic mass is 16.5. The third kappa shape index (κ3) is 1.89. The van der Waals surface area contributed by atoms with Crippen LogP contribution in [0.15, 0.2) is 35.9 Å². The van der Waals surface area contributed by atoms with Gasteiger partial charge in [-0.25, -0.2) is 0 Å². The maximum absolute atomic E-state index is 11.6. The summed E-state index contributed by atoms with van der Waals surface area (Å²) < 4.78 is 7.30. The molecule has 1 spiro atoms. The van der Waals surface area contributed by atoms with Crippen LogP contribution < -0.4 is 5.32 Å². The van der Waals surface area contributed by atoms with E-state index in [2.05, 4.69) is 42.7 Å². The first-order valence-corrected chi connectivity index (χ1v) is 10.3. The van der Waals surface area contributed by atoms with Crippen molar-refractivity contribution in [1.82, 2.24) is 0 Å². The van der Waals surface area contributed by atoms with E-state index in [1.54, 1.807) is 0 Å². The molecule has 4 heterocycles. The van der Waals surface area contributed by atoms with Crippen LogP contribution in [0.3, 0.4) is 0 Å². The number of para-hydroxylation sites is 1. The molecule has 3 fully saturated rings. The average Bonchev–Trinajstić information content (AvgIpc) is 3.08. The van der Waals surface area contributed by atoms with Crippen LogP contribution in [0.5, 0.6) is 0 Å². The first kappa shape index (κ1) is 16.1.